The van der Waals surface area contributed by atoms with Crippen molar-refractivity contribution in [2.45, 2.75) is 26.5 Å². The normalized spacial score (nSPS) is 10.6. The van der Waals surface area contributed by atoms with Crippen LogP contribution in [0.3, 0.4) is 0 Å². The summed E-state index contributed by atoms with van der Waals surface area (Å²) in [7, 11) is 0. The number of nitrogens with two attached hydrogens (primary N) is 1. The Labute approximate surface area is 128 Å². The number of hydrogen-bond donors (Lipinski definition) is 2. The average Bonchev–Trinajstić information content (AvgIpc) is 2.41. The zero-order chi connectivity index (χ0) is 14.5. The van der Waals surface area contributed by atoms with Gasteiger partial charge in [-0.25, -0.2) is 0 Å². The van der Waals surface area contributed by atoms with E-state index in [1.807, 2.05) is 44.2 Å². The van der Waals surface area contributed by atoms with Crippen LogP contribution in [0.25, 0.3) is 0 Å². The molecule has 0 saturated carbocycles. The first-order valence-electron chi connectivity index (χ1n) is 6.59. The quantitative estimate of drug-likeness (QED) is 0.795. The van der Waals surface area contributed by atoms with E-state index < -0.39 is 0 Å². The smallest absolute Gasteiger partial charge is 0.144 e. The molecular formula is C16H19BrN2O. The van der Waals surface area contributed by atoms with Gasteiger partial charge in [0, 0.05) is 11.0 Å². The summed E-state index contributed by atoms with van der Waals surface area (Å²) in [6, 6.07) is 14.0. The Morgan fingerprint density at radius 1 is 1.15 bits per heavy atom. The molecule has 2 rings (SSSR count). The maximum absolute atomic E-state index is 6.12. The van der Waals surface area contributed by atoms with Crippen LogP contribution in [0.1, 0.15) is 19.4 Å². The zero-order valence-corrected chi connectivity index (χ0v) is 13.3. The number of halogens is 1. The molecule has 0 saturated heterocycles. The van der Waals surface area contributed by atoms with Crippen molar-refractivity contribution in [2.75, 3.05) is 11.1 Å². The third kappa shape index (κ3) is 3.90. The molecule has 0 aliphatic rings. The summed E-state index contributed by atoms with van der Waals surface area (Å²) >= 11 is 3.43. The molecule has 3 nitrogen and oxygen atoms in total. The number of nitrogens with one attached hydrogen (secondary N) is 1. The Bertz CT molecular complexity index is 567. The second-order valence-electron chi connectivity index (χ2n) is 4.86. The van der Waals surface area contributed by atoms with Gasteiger partial charge in [-0.3, -0.25) is 0 Å². The minimum Gasteiger partial charge on any atom is -0.489 e. The van der Waals surface area contributed by atoms with Crippen LogP contribution in [0.4, 0.5) is 11.4 Å². The van der Waals surface area contributed by atoms with Gasteiger partial charge >= 0.3 is 0 Å². The number of benzene rings is 2. The number of ether oxygens (including phenoxy) is 1. The van der Waals surface area contributed by atoms with Gasteiger partial charge in [-0.1, -0.05) is 34.1 Å². The molecule has 2 aromatic rings. The summed E-state index contributed by atoms with van der Waals surface area (Å²) in [6.45, 7) is 4.70. The highest BCUT2D eigenvalue weighted by Crippen LogP contribution is 2.30. The molecule has 106 valence electrons. The summed E-state index contributed by atoms with van der Waals surface area (Å²) in [6.07, 6.45) is 0.110. The molecule has 4 heteroatoms. The van der Waals surface area contributed by atoms with Crippen molar-refractivity contribution in [1.29, 1.82) is 0 Å². The van der Waals surface area contributed by atoms with Gasteiger partial charge in [-0.15, -0.1) is 0 Å². The van der Waals surface area contributed by atoms with Crippen molar-refractivity contribution in [3.63, 3.8) is 0 Å². The lowest BCUT2D eigenvalue weighted by atomic mass is 10.2. The van der Waals surface area contributed by atoms with E-state index in [9.17, 15) is 0 Å². The Morgan fingerprint density at radius 2 is 1.85 bits per heavy atom. The lowest BCUT2D eigenvalue weighted by Gasteiger charge is -2.15. The van der Waals surface area contributed by atoms with Crippen LogP contribution in [0.2, 0.25) is 0 Å². The fourth-order valence-electron chi connectivity index (χ4n) is 1.85. The molecule has 0 aromatic heterocycles. The SMILES string of the molecule is CC(C)Oc1cccc(NCc2ccc(Br)cc2)c1N. The van der Waals surface area contributed by atoms with E-state index in [4.69, 9.17) is 10.5 Å². The van der Waals surface area contributed by atoms with Crippen molar-refractivity contribution in [1.82, 2.24) is 0 Å². The topological polar surface area (TPSA) is 47.3 Å². The van der Waals surface area contributed by atoms with Crippen LogP contribution in [-0.2, 0) is 6.54 Å². The van der Waals surface area contributed by atoms with Gasteiger partial charge in [0.15, 0.2) is 0 Å². The van der Waals surface area contributed by atoms with Crippen LogP contribution in [0, 0.1) is 0 Å². The molecule has 0 bridgehead atoms. The van der Waals surface area contributed by atoms with Gasteiger partial charge in [-0.2, -0.15) is 0 Å². The largest absolute Gasteiger partial charge is 0.489 e. The third-order valence-electron chi connectivity index (χ3n) is 2.83. The van der Waals surface area contributed by atoms with Gasteiger partial charge < -0.3 is 15.8 Å². The summed E-state index contributed by atoms with van der Waals surface area (Å²) in [5, 5.41) is 3.34. The Morgan fingerprint density at radius 3 is 2.50 bits per heavy atom. The lowest BCUT2D eigenvalue weighted by molar-refractivity contribution is 0.244. The van der Waals surface area contributed by atoms with E-state index in [0.29, 0.717) is 5.69 Å². The molecule has 0 amide bonds. The molecule has 0 aliphatic heterocycles. The highest BCUT2D eigenvalue weighted by atomic mass is 79.9. The molecule has 0 atom stereocenters. The molecule has 0 radical (unpaired) electrons. The monoisotopic (exact) mass is 334 g/mol. The molecule has 0 spiro atoms. The molecule has 0 heterocycles. The summed E-state index contributed by atoms with van der Waals surface area (Å²) in [5.41, 5.74) is 8.87. The minimum atomic E-state index is 0.110. The van der Waals surface area contributed by atoms with Crippen LogP contribution in [0.15, 0.2) is 46.9 Å². The predicted octanol–water partition coefficient (Wildman–Crippen LogP) is 4.43. The standard InChI is InChI=1S/C16H19BrN2O/c1-11(2)20-15-5-3-4-14(16(15)18)19-10-12-6-8-13(17)9-7-12/h3-9,11,19H,10,18H2,1-2H3. The minimum absolute atomic E-state index is 0.110. The van der Waals surface area contributed by atoms with Crippen LogP contribution < -0.4 is 15.8 Å². The summed E-state index contributed by atoms with van der Waals surface area (Å²) in [5.74, 6) is 0.723. The van der Waals surface area contributed by atoms with Gasteiger partial charge in [0.1, 0.15) is 5.75 Å². The lowest BCUT2D eigenvalue weighted by Crippen LogP contribution is -2.09. The zero-order valence-electron chi connectivity index (χ0n) is 11.7. The van der Waals surface area contributed by atoms with Crippen LogP contribution in [-0.4, -0.2) is 6.10 Å². The van der Waals surface area contributed by atoms with Crippen molar-refractivity contribution >= 4 is 27.3 Å². The van der Waals surface area contributed by atoms with Crippen LogP contribution >= 0.6 is 15.9 Å². The van der Waals surface area contributed by atoms with E-state index in [-0.39, 0.29) is 6.10 Å². The Balaban J connectivity index is 2.07. The van der Waals surface area contributed by atoms with Crippen molar-refractivity contribution in [3.8, 4) is 5.75 Å². The van der Waals surface area contributed by atoms with E-state index >= 15 is 0 Å². The van der Waals surface area contributed by atoms with Crippen molar-refractivity contribution in [3.05, 3.63) is 52.5 Å². The fourth-order valence-corrected chi connectivity index (χ4v) is 2.12. The highest BCUT2D eigenvalue weighted by Gasteiger charge is 2.07. The maximum atomic E-state index is 6.12. The number of para-hydroxylation sites is 1. The molecule has 0 unspecified atom stereocenters. The number of nitrogen functional groups attached to an aromatic ring is 1. The third-order valence-corrected chi connectivity index (χ3v) is 3.35. The van der Waals surface area contributed by atoms with Crippen molar-refractivity contribution in [2.24, 2.45) is 0 Å². The first-order chi connectivity index (χ1) is 9.56. The molecule has 3 N–H and O–H groups in total. The van der Waals surface area contributed by atoms with Gasteiger partial charge in [-0.05, 0) is 43.7 Å². The van der Waals surface area contributed by atoms with E-state index in [1.165, 1.54) is 5.56 Å². The fraction of sp³-hybridized carbons (Fsp3) is 0.250. The first kappa shape index (κ1) is 14.7. The first-order valence-corrected chi connectivity index (χ1v) is 7.39. The van der Waals surface area contributed by atoms with E-state index in [1.54, 1.807) is 0 Å². The van der Waals surface area contributed by atoms with E-state index in [0.717, 1.165) is 22.5 Å². The Kier molecular flexibility index (Phi) is 4.90. The van der Waals surface area contributed by atoms with Gasteiger partial charge in [0.05, 0.1) is 17.5 Å². The summed E-state index contributed by atoms with van der Waals surface area (Å²) in [4.78, 5) is 0. The number of anilines is 2. The van der Waals surface area contributed by atoms with Gasteiger partial charge in [0.2, 0.25) is 0 Å². The second kappa shape index (κ2) is 6.66. The molecular weight excluding hydrogens is 316 g/mol. The molecule has 2 aromatic carbocycles. The molecule has 0 aliphatic carbocycles. The van der Waals surface area contributed by atoms with Gasteiger partial charge in [0.25, 0.3) is 0 Å². The van der Waals surface area contributed by atoms with Crippen molar-refractivity contribution < 1.29 is 4.74 Å². The van der Waals surface area contributed by atoms with Crippen LogP contribution in [0.5, 0.6) is 5.75 Å². The molecule has 0 fully saturated rings. The second-order valence-corrected chi connectivity index (χ2v) is 5.78. The number of hydrogen-bond acceptors (Lipinski definition) is 3. The summed E-state index contributed by atoms with van der Waals surface area (Å²) < 4.78 is 6.76. The highest BCUT2D eigenvalue weighted by molar-refractivity contribution is 9.10. The van der Waals surface area contributed by atoms with E-state index in [2.05, 4.69) is 33.4 Å². The Hall–Kier alpha value is -1.68. The molecule has 20 heavy (non-hydrogen) atoms. The predicted molar refractivity (Wildman–Crippen MR) is 88.1 cm³/mol. The maximum Gasteiger partial charge on any atom is 0.144 e. The number of rotatable bonds is 5. The average molecular weight is 335 g/mol.